The van der Waals surface area contributed by atoms with Crippen molar-refractivity contribution < 1.29 is 17.9 Å². The van der Waals surface area contributed by atoms with Gasteiger partial charge in [-0.15, -0.1) is 0 Å². The average Bonchev–Trinajstić information content (AvgIpc) is 2.65. The number of amides is 1. The minimum absolute atomic E-state index is 0.0671. The van der Waals surface area contributed by atoms with Crippen LogP contribution in [-0.4, -0.2) is 45.5 Å². The molecule has 0 saturated carbocycles. The Hall–Kier alpha value is -2.38. The van der Waals surface area contributed by atoms with Crippen molar-refractivity contribution in [2.45, 2.75) is 18.7 Å². The van der Waals surface area contributed by atoms with Crippen LogP contribution in [0.25, 0.3) is 0 Å². The van der Waals surface area contributed by atoms with Gasteiger partial charge in [-0.1, -0.05) is 18.2 Å². The highest BCUT2D eigenvalue weighted by Crippen LogP contribution is 2.23. The van der Waals surface area contributed by atoms with Crippen molar-refractivity contribution in [2.75, 3.05) is 31.0 Å². The first-order chi connectivity index (χ1) is 12.4. The molecule has 0 atom stereocenters. The maximum Gasteiger partial charge on any atom is 0.261 e. The Morgan fingerprint density at radius 2 is 1.77 bits per heavy atom. The molecule has 1 saturated heterocycles. The summed E-state index contributed by atoms with van der Waals surface area (Å²) in [6.07, 6.45) is 0. The van der Waals surface area contributed by atoms with Crippen LogP contribution in [0.2, 0.25) is 0 Å². The summed E-state index contributed by atoms with van der Waals surface area (Å²) >= 11 is 0. The van der Waals surface area contributed by atoms with E-state index in [9.17, 15) is 13.2 Å². The summed E-state index contributed by atoms with van der Waals surface area (Å²) in [5.74, 6) is -0.183. The lowest BCUT2D eigenvalue weighted by molar-refractivity contribution is 0.0302. The summed E-state index contributed by atoms with van der Waals surface area (Å²) < 4.78 is 33.4. The fraction of sp³-hybridized carbons (Fsp3) is 0.316. The molecule has 26 heavy (non-hydrogen) atoms. The first-order valence-electron chi connectivity index (χ1n) is 8.44. The van der Waals surface area contributed by atoms with Gasteiger partial charge in [0.25, 0.3) is 15.9 Å². The van der Waals surface area contributed by atoms with E-state index < -0.39 is 10.0 Å². The number of ether oxygens (including phenoxy) is 1. The number of nitrogens with zero attached hydrogens (tertiary/aromatic N) is 1. The number of carbonyl (C=O) groups is 1. The molecule has 1 heterocycles. The monoisotopic (exact) mass is 374 g/mol. The number of sulfonamides is 1. The van der Waals surface area contributed by atoms with E-state index in [1.54, 1.807) is 29.2 Å². The fourth-order valence-corrected chi connectivity index (χ4v) is 3.98. The highest BCUT2D eigenvalue weighted by atomic mass is 32.2. The van der Waals surface area contributed by atoms with Gasteiger partial charge < -0.3 is 9.64 Å². The Balaban J connectivity index is 1.86. The number of anilines is 1. The first kappa shape index (κ1) is 18.4. The lowest BCUT2D eigenvalue weighted by Gasteiger charge is -2.27. The highest BCUT2D eigenvalue weighted by molar-refractivity contribution is 7.92. The molecule has 0 unspecified atom stereocenters. The van der Waals surface area contributed by atoms with Crippen LogP contribution >= 0.6 is 0 Å². The van der Waals surface area contributed by atoms with E-state index in [1.165, 1.54) is 12.1 Å². The summed E-state index contributed by atoms with van der Waals surface area (Å²) in [5.41, 5.74) is 2.77. The van der Waals surface area contributed by atoms with Crippen LogP contribution < -0.4 is 4.72 Å². The predicted octanol–water partition coefficient (Wildman–Crippen LogP) is 2.58. The number of morpholine rings is 1. The Morgan fingerprint density at radius 1 is 1.08 bits per heavy atom. The van der Waals surface area contributed by atoms with E-state index in [1.807, 2.05) is 19.9 Å². The van der Waals surface area contributed by atoms with Gasteiger partial charge in [-0.3, -0.25) is 9.52 Å². The van der Waals surface area contributed by atoms with E-state index in [-0.39, 0.29) is 10.8 Å². The van der Waals surface area contributed by atoms with E-state index in [2.05, 4.69) is 4.72 Å². The quantitative estimate of drug-likeness (QED) is 0.892. The Kier molecular flexibility index (Phi) is 5.29. The van der Waals surface area contributed by atoms with Gasteiger partial charge >= 0.3 is 0 Å². The van der Waals surface area contributed by atoms with Gasteiger partial charge in [-0.2, -0.15) is 0 Å². The van der Waals surface area contributed by atoms with Gasteiger partial charge in [-0.25, -0.2) is 8.42 Å². The molecule has 0 radical (unpaired) electrons. The van der Waals surface area contributed by atoms with Crippen LogP contribution in [-0.2, 0) is 14.8 Å². The largest absolute Gasteiger partial charge is 0.378 e. The maximum absolute atomic E-state index is 12.8. The molecule has 1 amide bonds. The van der Waals surface area contributed by atoms with E-state index >= 15 is 0 Å². The van der Waals surface area contributed by atoms with Gasteiger partial charge in [0.1, 0.15) is 0 Å². The molecule has 138 valence electrons. The number of hydrogen-bond acceptors (Lipinski definition) is 4. The van der Waals surface area contributed by atoms with Crippen LogP contribution in [0.3, 0.4) is 0 Å². The van der Waals surface area contributed by atoms with Gasteiger partial charge in [0.05, 0.1) is 23.8 Å². The zero-order valence-electron chi connectivity index (χ0n) is 14.9. The second kappa shape index (κ2) is 7.47. The molecule has 0 aromatic heterocycles. The van der Waals surface area contributed by atoms with Gasteiger partial charge in [0.15, 0.2) is 0 Å². The standard InChI is InChI=1S/C19H22N2O4S/c1-14-5-3-8-18(15(14)2)20-26(23,24)17-7-4-6-16(13-17)19(22)21-9-11-25-12-10-21/h3-8,13,20H,9-12H2,1-2H3. The molecule has 0 aliphatic carbocycles. The van der Waals surface area contributed by atoms with Crippen molar-refractivity contribution in [1.29, 1.82) is 0 Å². The normalized spacial score (nSPS) is 14.9. The third-order valence-corrected chi connectivity index (χ3v) is 5.90. The van der Waals surface area contributed by atoms with Gasteiger partial charge in [-0.05, 0) is 49.2 Å². The fourth-order valence-electron chi connectivity index (χ4n) is 2.81. The number of aryl methyl sites for hydroxylation is 1. The molecule has 2 aromatic carbocycles. The van der Waals surface area contributed by atoms with E-state index in [4.69, 9.17) is 4.74 Å². The van der Waals surface area contributed by atoms with Crippen molar-refractivity contribution in [3.8, 4) is 0 Å². The number of nitrogens with one attached hydrogen (secondary N) is 1. The molecule has 0 bridgehead atoms. The zero-order valence-corrected chi connectivity index (χ0v) is 15.7. The van der Waals surface area contributed by atoms with Crippen molar-refractivity contribution in [3.05, 3.63) is 59.2 Å². The van der Waals surface area contributed by atoms with Crippen LogP contribution in [0.4, 0.5) is 5.69 Å². The van der Waals surface area contributed by atoms with Crippen LogP contribution in [0.1, 0.15) is 21.5 Å². The lowest BCUT2D eigenvalue weighted by atomic mass is 10.1. The third-order valence-electron chi connectivity index (χ3n) is 4.54. The summed E-state index contributed by atoms with van der Waals surface area (Å²) in [5, 5.41) is 0. The van der Waals surface area contributed by atoms with Crippen molar-refractivity contribution in [3.63, 3.8) is 0 Å². The Bertz CT molecular complexity index is 919. The van der Waals surface area contributed by atoms with E-state index in [0.29, 0.717) is 37.6 Å². The molecule has 1 N–H and O–H groups in total. The minimum atomic E-state index is -3.78. The van der Waals surface area contributed by atoms with E-state index in [0.717, 1.165) is 11.1 Å². The molecule has 7 heteroatoms. The molecule has 3 rings (SSSR count). The topological polar surface area (TPSA) is 75.7 Å². The third kappa shape index (κ3) is 3.89. The van der Waals surface area contributed by atoms with Crippen molar-refractivity contribution >= 4 is 21.6 Å². The van der Waals surface area contributed by atoms with Gasteiger partial charge in [0, 0.05) is 18.7 Å². The molecule has 6 nitrogen and oxygen atoms in total. The maximum atomic E-state index is 12.8. The number of hydrogen-bond donors (Lipinski definition) is 1. The van der Waals surface area contributed by atoms with Crippen molar-refractivity contribution in [2.24, 2.45) is 0 Å². The molecule has 1 aliphatic rings. The number of benzene rings is 2. The second-order valence-corrected chi connectivity index (χ2v) is 7.97. The molecule has 2 aromatic rings. The van der Waals surface area contributed by atoms with Crippen LogP contribution in [0.5, 0.6) is 0 Å². The van der Waals surface area contributed by atoms with Crippen molar-refractivity contribution in [1.82, 2.24) is 4.90 Å². The molecule has 1 fully saturated rings. The average molecular weight is 374 g/mol. The molecule has 1 aliphatic heterocycles. The predicted molar refractivity (Wildman–Crippen MR) is 99.9 cm³/mol. The number of carbonyl (C=O) groups excluding carboxylic acids is 1. The zero-order chi connectivity index (χ0) is 18.7. The SMILES string of the molecule is Cc1cccc(NS(=O)(=O)c2cccc(C(=O)N3CCOCC3)c2)c1C. The summed E-state index contributed by atoms with van der Waals surface area (Å²) in [6.45, 7) is 5.81. The smallest absolute Gasteiger partial charge is 0.261 e. The number of rotatable bonds is 4. The first-order valence-corrected chi connectivity index (χ1v) is 9.93. The summed E-state index contributed by atoms with van der Waals surface area (Å²) in [6, 6.07) is 11.6. The second-order valence-electron chi connectivity index (χ2n) is 6.29. The molecule has 0 spiro atoms. The summed E-state index contributed by atoms with van der Waals surface area (Å²) in [4.78, 5) is 14.3. The Morgan fingerprint density at radius 3 is 2.50 bits per heavy atom. The molecular formula is C19H22N2O4S. The lowest BCUT2D eigenvalue weighted by Crippen LogP contribution is -2.40. The van der Waals surface area contributed by atoms with Crippen LogP contribution in [0.15, 0.2) is 47.4 Å². The summed E-state index contributed by atoms with van der Waals surface area (Å²) in [7, 11) is -3.78. The highest BCUT2D eigenvalue weighted by Gasteiger charge is 2.21. The molecular weight excluding hydrogens is 352 g/mol. The minimum Gasteiger partial charge on any atom is -0.378 e. The Labute approximate surface area is 153 Å². The van der Waals surface area contributed by atoms with Crippen LogP contribution in [0, 0.1) is 13.8 Å². The van der Waals surface area contributed by atoms with Gasteiger partial charge in [0.2, 0.25) is 0 Å².